The third-order valence-electron chi connectivity index (χ3n) is 5.37. The Labute approximate surface area is 180 Å². The molecule has 0 aromatic heterocycles. The van der Waals surface area contributed by atoms with Gasteiger partial charge in [0, 0.05) is 34.7 Å². The molecule has 1 saturated heterocycles. The molecule has 9 heteroatoms. The highest BCUT2D eigenvalue weighted by molar-refractivity contribution is 7.89. The van der Waals surface area contributed by atoms with Gasteiger partial charge in [0.2, 0.25) is 10.0 Å². The maximum absolute atomic E-state index is 13.0. The van der Waals surface area contributed by atoms with E-state index in [0.717, 1.165) is 16.8 Å². The SMILES string of the molecule is Cc1cccc2c1N(C1CCN(S(=O)(=O)c3cc(Cl)cc(Cl)c3)CC1)C(=O)OC2. The fourth-order valence-electron chi connectivity index (χ4n) is 3.98. The van der Waals surface area contributed by atoms with Crippen LogP contribution >= 0.6 is 23.2 Å². The van der Waals surface area contributed by atoms with Gasteiger partial charge in [-0.2, -0.15) is 4.31 Å². The summed E-state index contributed by atoms with van der Waals surface area (Å²) in [5.74, 6) is 0. The first kappa shape index (κ1) is 20.5. The molecule has 0 atom stereocenters. The fourth-order valence-corrected chi connectivity index (χ4v) is 6.18. The van der Waals surface area contributed by atoms with E-state index in [1.54, 1.807) is 4.90 Å². The number of hydrogen-bond acceptors (Lipinski definition) is 4. The zero-order valence-corrected chi connectivity index (χ0v) is 18.1. The van der Waals surface area contributed by atoms with E-state index in [-0.39, 0.29) is 33.7 Å². The number of piperidine rings is 1. The molecule has 2 heterocycles. The third kappa shape index (κ3) is 3.84. The molecule has 0 unspecified atom stereocenters. The van der Waals surface area contributed by atoms with Crippen LogP contribution in [0.3, 0.4) is 0 Å². The first-order valence-corrected chi connectivity index (χ1v) is 11.5. The predicted octanol–water partition coefficient (Wildman–Crippen LogP) is 4.61. The summed E-state index contributed by atoms with van der Waals surface area (Å²) in [6.45, 7) is 2.81. The van der Waals surface area contributed by atoms with Crippen LogP contribution in [0.5, 0.6) is 0 Å². The Morgan fingerprint density at radius 1 is 1.07 bits per heavy atom. The Bertz CT molecular complexity index is 1050. The number of para-hydroxylation sites is 1. The zero-order chi connectivity index (χ0) is 20.8. The van der Waals surface area contributed by atoms with Crippen LogP contribution in [-0.4, -0.2) is 37.9 Å². The summed E-state index contributed by atoms with van der Waals surface area (Å²) in [7, 11) is -3.71. The molecule has 0 N–H and O–H groups in total. The Hall–Kier alpha value is -1.80. The molecule has 0 radical (unpaired) electrons. The molecule has 1 fully saturated rings. The molecule has 29 heavy (non-hydrogen) atoms. The van der Waals surface area contributed by atoms with E-state index in [0.29, 0.717) is 25.9 Å². The number of nitrogens with zero attached hydrogens (tertiary/aromatic N) is 2. The number of aryl methyl sites for hydroxylation is 1. The lowest BCUT2D eigenvalue weighted by Gasteiger charge is -2.40. The van der Waals surface area contributed by atoms with Gasteiger partial charge in [-0.05, 0) is 43.5 Å². The average Bonchev–Trinajstić information content (AvgIpc) is 2.68. The van der Waals surface area contributed by atoms with Crippen molar-refractivity contribution in [3.63, 3.8) is 0 Å². The molecule has 6 nitrogen and oxygen atoms in total. The van der Waals surface area contributed by atoms with Gasteiger partial charge in [0.05, 0.1) is 10.6 Å². The van der Waals surface area contributed by atoms with E-state index < -0.39 is 10.0 Å². The highest BCUT2D eigenvalue weighted by Gasteiger charge is 2.37. The van der Waals surface area contributed by atoms with Gasteiger partial charge in [0.25, 0.3) is 0 Å². The highest BCUT2D eigenvalue weighted by Crippen LogP contribution is 2.35. The Morgan fingerprint density at radius 3 is 2.38 bits per heavy atom. The summed E-state index contributed by atoms with van der Waals surface area (Å²) >= 11 is 11.9. The number of amides is 1. The number of rotatable bonds is 3. The average molecular weight is 455 g/mol. The lowest BCUT2D eigenvalue weighted by molar-refractivity contribution is 0.135. The number of cyclic esters (lactones) is 1. The van der Waals surface area contributed by atoms with Crippen molar-refractivity contribution in [1.29, 1.82) is 0 Å². The summed E-state index contributed by atoms with van der Waals surface area (Å²) < 4.78 is 32.7. The van der Waals surface area contributed by atoms with Crippen molar-refractivity contribution in [2.24, 2.45) is 0 Å². The summed E-state index contributed by atoms with van der Waals surface area (Å²) in [6.07, 6.45) is 0.641. The minimum atomic E-state index is -3.71. The number of fused-ring (bicyclic) bond motifs is 1. The zero-order valence-electron chi connectivity index (χ0n) is 15.8. The van der Waals surface area contributed by atoms with Crippen LogP contribution in [0.2, 0.25) is 10.0 Å². The van der Waals surface area contributed by atoms with Crippen LogP contribution < -0.4 is 4.90 Å². The van der Waals surface area contributed by atoms with Gasteiger partial charge in [0.1, 0.15) is 6.61 Å². The first-order valence-electron chi connectivity index (χ1n) is 9.28. The van der Waals surface area contributed by atoms with Crippen molar-refractivity contribution in [3.05, 3.63) is 57.6 Å². The number of hydrogen-bond donors (Lipinski definition) is 0. The monoisotopic (exact) mass is 454 g/mol. The molecule has 4 rings (SSSR count). The van der Waals surface area contributed by atoms with Gasteiger partial charge in [-0.25, -0.2) is 13.2 Å². The third-order valence-corrected chi connectivity index (χ3v) is 7.69. The highest BCUT2D eigenvalue weighted by atomic mass is 35.5. The van der Waals surface area contributed by atoms with Crippen molar-refractivity contribution in [3.8, 4) is 0 Å². The molecular formula is C20H20Cl2N2O4S. The predicted molar refractivity (Wildman–Crippen MR) is 112 cm³/mol. The van der Waals surface area contributed by atoms with Gasteiger partial charge >= 0.3 is 6.09 Å². The lowest BCUT2D eigenvalue weighted by atomic mass is 10.00. The maximum Gasteiger partial charge on any atom is 0.414 e. The standard InChI is InChI=1S/C20H20Cl2N2O4S/c1-13-3-2-4-14-12-28-20(25)24(19(13)14)17-5-7-23(8-6-17)29(26,27)18-10-15(21)9-16(22)11-18/h2-4,9-11,17H,5-8,12H2,1H3. The van der Waals surface area contributed by atoms with E-state index in [9.17, 15) is 13.2 Å². The Kier molecular flexibility index (Phi) is 5.50. The van der Waals surface area contributed by atoms with Crippen LogP contribution in [0.15, 0.2) is 41.3 Å². The summed E-state index contributed by atoms with van der Waals surface area (Å²) in [4.78, 5) is 14.3. The fraction of sp³-hybridized carbons (Fsp3) is 0.350. The summed E-state index contributed by atoms with van der Waals surface area (Å²) in [6, 6.07) is 10.0. The van der Waals surface area contributed by atoms with Crippen molar-refractivity contribution in [1.82, 2.24) is 4.31 Å². The molecule has 0 bridgehead atoms. The first-order chi connectivity index (χ1) is 13.8. The van der Waals surface area contributed by atoms with E-state index in [4.69, 9.17) is 27.9 Å². The molecule has 2 aliphatic rings. The summed E-state index contributed by atoms with van der Waals surface area (Å²) in [5, 5.41) is 0.545. The quantitative estimate of drug-likeness (QED) is 0.678. The van der Waals surface area contributed by atoms with Crippen molar-refractivity contribution in [2.75, 3.05) is 18.0 Å². The van der Waals surface area contributed by atoms with Crippen molar-refractivity contribution in [2.45, 2.75) is 37.3 Å². The van der Waals surface area contributed by atoms with Crippen LogP contribution in [0.1, 0.15) is 24.0 Å². The molecule has 2 aliphatic heterocycles. The minimum Gasteiger partial charge on any atom is -0.444 e. The van der Waals surface area contributed by atoms with Gasteiger partial charge in [0.15, 0.2) is 0 Å². The Balaban J connectivity index is 1.55. The number of anilines is 1. The largest absolute Gasteiger partial charge is 0.444 e. The second-order valence-corrected chi connectivity index (χ2v) is 10.1. The van der Waals surface area contributed by atoms with Crippen LogP contribution in [0.25, 0.3) is 0 Å². The van der Waals surface area contributed by atoms with Crippen molar-refractivity contribution < 1.29 is 17.9 Å². The number of carbonyl (C=O) groups is 1. The second kappa shape index (κ2) is 7.80. The van der Waals surface area contributed by atoms with Crippen molar-refractivity contribution >= 4 is 45.0 Å². The van der Waals surface area contributed by atoms with E-state index in [1.807, 2.05) is 25.1 Å². The normalized spacial score (nSPS) is 18.4. The maximum atomic E-state index is 13.0. The van der Waals surface area contributed by atoms with Crippen LogP contribution in [0, 0.1) is 6.92 Å². The second-order valence-electron chi connectivity index (χ2n) is 7.25. The Morgan fingerprint density at radius 2 is 1.72 bits per heavy atom. The van der Waals surface area contributed by atoms with Gasteiger partial charge in [-0.15, -0.1) is 0 Å². The molecular weight excluding hydrogens is 435 g/mol. The molecule has 0 aliphatic carbocycles. The molecule has 2 aromatic rings. The topological polar surface area (TPSA) is 66.9 Å². The number of benzene rings is 2. The molecule has 0 spiro atoms. The van der Waals surface area contributed by atoms with Crippen LogP contribution in [-0.2, 0) is 21.4 Å². The van der Waals surface area contributed by atoms with Gasteiger partial charge < -0.3 is 4.74 Å². The molecule has 1 amide bonds. The van der Waals surface area contributed by atoms with Crippen LogP contribution in [0.4, 0.5) is 10.5 Å². The molecule has 2 aromatic carbocycles. The number of halogens is 2. The smallest absolute Gasteiger partial charge is 0.414 e. The van der Waals surface area contributed by atoms with E-state index in [1.165, 1.54) is 22.5 Å². The minimum absolute atomic E-state index is 0.0759. The lowest BCUT2D eigenvalue weighted by Crippen LogP contribution is -2.50. The molecule has 0 saturated carbocycles. The van der Waals surface area contributed by atoms with Gasteiger partial charge in [-0.3, -0.25) is 4.90 Å². The van der Waals surface area contributed by atoms with E-state index in [2.05, 4.69) is 0 Å². The summed E-state index contributed by atoms with van der Waals surface area (Å²) in [5.41, 5.74) is 2.85. The van der Waals surface area contributed by atoms with E-state index >= 15 is 0 Å². The number of sulfonamides is 1. The molecule has 154 valence electrons. The number of ether oxygens (including phenoxy) is 1. The number of carbonyl (C=O) groups excluding carboxylic acids is 1. The van der Waals surface area contributed by atoms with Gasteiger partial charge in [-0.1, -0.05) is 41.4 Å².